The van der Waals surface area contributed by atoms with E-state index in [1.807, 2.05) is 6.92 Å². The average Bonchev–Trinajstić information content (AvgIpc) is 2.90. The predicted molar refractivity (Wildman–Crippen MR) is 73.3 cm³/mol. The molecule has 2 heteroatoms. The normalized spacial score (nSPS) is 43.0. The zero-order valence-corrected chi connectivity index (χ0v) is 11.8. The molecule has 1 heterocycles. The van der Waals surface area contributed by atoms with Gasteiger partial charge >= 0.3 is 0 Å². The number of halogens is 1. The summed E-state index contributed by atoms with van der Waals surface area (Å²) >= 11 is 0. The van der Waals surface area contributed by atoms with E-state index in [1.54, 1.807) is 0 Å². The maximum Gasteiger partial charge on any atom is 0.110 e. The molecule has 1 aliphatic heterocycles. The van der Waals surface area contributed by atoms with E-state index in [2.05, 4.69) is 5.32 Å². The van der Waals surface area contributed by atoms with Crippen molar-refractivity contribution in [3.63, 3.8) is 0 Å². The summed E-state index contributed by atoms with van der Waals surface area (Å²) in [5.41, 5.74) is -0.940. The summed E-state index contributed by atoms with van der Waals surface area (Å²) in [6.07, 6.45) is 10.8. The molecule has 3 rings (SSSR count). The van der Waals surface area contributed by atoms with Crippen LogP contribution >= 0.6 is 0 Å². The van der Waals surface area contributed by atoms with E-state index in [9.17, 15) is 4.39 Å². The molecule has 0 amide bonds. The van der Waals surface area contributed by atoms with Gasteiger partial charge in [-0.25, -0.2) is 4.39 Å². The number of hydrogen-bond donors (Lipinski definition) is 1. The minimum absolute atomic E-state index is 0.437. The second-order valence-electron chi connectivity index (χ2n) is 7.40. The van der Waals surface area contributed by atoms with Crippen molar-refractivity contribution in [1.29, 1.82) is 0 Å². The van der Waals surface area contributed by atoms with E-state index < -0.39 is 5.67 Å². The number of alkyl halides is 1. The van der Waals surface area contributed by atoms with E-state index in [-0.39, 0.29) is 0 Å². The largest absolute Gasteiger partial charge is 0.314 e. The first-order valence-corrected chi connectivity index (χ1v) is 8.05. The van der Waals surface area contributed by atoms with Gasteiger partial charge in [-0.2, -0.15) is 0 Å². The molecule has 0 radical (unpaired) electrons. The van der Waals surface area contributed by atoms with Crippen molar-refractivity contribution in [3.8, 4) is 0 Å². The Balaban J connectivity index is 1.50. The molecule has 0 aromatic carbocycles. The highest BCUT2D eigenvalue weighted by Gasteiger charge is 2.43. The van der Waals surface area contributed by atoms with Gasteiger partial charge in [0.1, 0.15) is 5.67 Å². The van der Waals surface area contributed by atoms with Crippen LogP contribution in [0.4, 0.5) is 4.39 Å². The first-order chi connectivity index (χ1) is 8.62. The maximum absolute atomic E-state index is 14.8. The highest BCUT2D eigenvalue weighted by atomic mass is 19.1. The summed E-state index contributed by atoms with van der Waals surface area (Å²) in [7, 11) is 0. The van der Waals surface area contributed by atoms with Crippen LogP contribution in [0.2, 0.25) is 0 Å². The molecule has 1 saturated heterocycles. The van der Waals surface area contributed by atoms with Crippen molar-refractivity contribution in [2.45, 2.75) is 76.4 Å². The summed E-state index contributed by atoms with van der Waals surface area (Å²) in [6.45, 7) is 2.95. The lowest BCUT2D eigenvalue weighted by Gasteiger charge is -2.33. The fourth-order valence-electron chi connectivity index (χ4n) is 4.87. The Morgan fingerprint density at radius 3 is 2.61 bits per heavy atom. The van der Waals surface area contributed by atoms with E-state index >= 15 is 0 Å². The third-order valence-corrected chi connectivity index (χ3v) is 5.66. The van der Waals surface area contributed by atoms with Gasteiger partial charge in [0, 0.05) is 6.04 Å². The number of piperidine rings is 1. The van der Waals surface area contributed by atoms with Gasteiger partial charge in [-0.3, -0.25) is 0 Å². The van der Waals surface area contributed by atoms with Crippen LogP contribution in [0.25, 0.3) is 0 Å². The maximum atomic E-state index is 14.8. The van der Waals surface area contributed by atoms with Gasteiger partial charge in [0.25, 0.3) is 0 Å². The summed E-state index contributed by atoms with van der Waals surface area (Å²) in [4.78, 5) is 0. The van der Waals surface area contributed by atoms with Crippen LogP contribution in [0.1, 0.15) is 64.7 Å². The topological polar surface area (TPSA) is 12.0 Å². The summed E-state index contributed by atoms with van der Waals surface area (Å²) < 4.78 is 14.8. The Hall–Kier alpha value is -0.110. The first-order valence-electron chi connectivity index (χ1n) is 8.05. The third-order valence-electron chi connectivity index (χ3n) is 5.66. The Kier molecular flexibility index (Phi) is 3.66. The molecule has 5 unspecified atom stereocenters. The molecule has 3 fully saturated rings. The second kappa shape index (κ2) is 5.11. The molecule has 3 aliphatic rings. The van der Waals surface area contributed by atoms with Crippen LogP contribution in [0, 0.1) is 17.8 Å². The highest BCUT2D eigenvalue weighted by molar-refractivity contribution is 4.94. The number of nitrogens with one attached hydrogen (secondary N) is 1. The van der Waals surface area contributed by atoms with Crippen LogP contribution in [0.5, 0.6) is 0 Å². The Morgan fingerprint density at radius 1 is 1.11 bits per heavy atom. The van der Waals surface area contributed by atoms with Crippen molar-refractivity contribution >= 4 is 0 Å². The monoisotopic (exact) mass is 253 g/mol. The molecule has 18 heavy (non-hydrogen) atoms. The van der Waals surface area contributed by atoms with Gasteiger partial charge in [0.2, 0.25) is 0 Å². The Labute approximate surface area is 111 Å². The van der Waals surface area contributed by atoms with E-state index in [4.69, 9.17) is 0 Å². The van der Waals surface area contributed by atoms with Gasteiger partial charge in [-0.15, -0.1) is 0 Å². The van der Waals surface area contributed by atoms with Crippen molar-refractivity contribution in [2.75, 3.05) is 6.54 Å². The van der Waals surface area contributed by atoms with E-state index in [0.29, 0.717) is 12.0 Å². The van der Waals surface area contributed by atoms with E-state index in [1.165, 1.54) is 44.9 Å². The van der Waals surface area contributed by atoms with Crippen LogP contribution in [0.15, 0.2) is 0 Å². The lowest BCUT2D eigenvalue weighted by molar-refractivity contribution is 0.0952. The zero-order valence-electron chi connectivity index (χ0n) is 11.8. The van der Waals surface area contributed by atoms with Gasteiger partial charge in [-0.05, 0) is 76.2 Å². The van der Waals surface area contributed by atoms with Crippen molar-refractivity contribution in [2.24, 2.45) is 17.8 Å². The molecule has 0 aromatic heterocycles. The lowest BCUT2D eigenvalue weighted by atomic mass is 9.79. The van der Waals surface area contributed by atoms with E-state index in [0.717, 1.165) is 31.2 Å². The fourth-order valence-corrected chi connectivity index (χ4v) is 4.87. The standard InChI is InChI=1S/C16H28FN/c1-16(17,11-15-4-2-3-7-18-15)10-14-9-12-5-6-13(14)8-12/h12-15,18H,2-11H2,1H3. The summed E-state index contributed by atoms with van der Waals surface area (Å²) in [5, 5.41) is 3.49. The third kappa shape index (κ3) is 2.89. The number of rotatable bonds is 4. The minimum atomic E-state index is -0.940. The zero-order chi connectivity index (χ0) is 12.6. The number of fused-ring (bicyclic) bond motifs is 2. The van der Waals surface area contributed by atoms with Crippen LogP contribution in [0.3, 0.4) is 0 Å². The van der Waals surface area contributed by atoms with Crippen molar-refractivity contribution < 1.29 is 4.39 Å². The SMILES string of the molecule is CC(F)(CC1CCCCN1)CC1CC2CCC1C2. The van der Waals surface area contributed by atoms with Gasteiger partial charge in [0.15, 0.2) is 0 Å². The Morgan fingerprint density at radius 2 is 2.00 bits per heavy atom. The van der Waals surface area contributed by atoms with Gasteiger partial charge in [-0.1, -0.05) is 12.8 Å². The van der Waals surface area contributed by atoms with Crippen molar-refractivity contribution in [3.05, 3.63) is 0 Å². The molecule has 0 aromatic rings. The molecular formula is C16H28FN. The Bertz CT molecular complexity index is 283. The van der Waals surface area contributed by atoms with Crippen LogP contribution in [-0.4, -0.2) is 18.3 Å². The highest BCUT2D eigenvalue weighted by Crippen LogP contribution is 2.51. The minimum Gasteiger partial charge on any atom is -0.314 e. The molecule has 104 valence electrons. The van der Waals surface area contributed by atoms with Crippen molar-refractivity contribution in [1.82, 2.24) is 5.32 Å². The average molecular weight is 253 g/mol. The molecule has 2 aliphatic carbocycles. The molecule has 0 spiro atoms. The van der Waals surface area contributed by atoms with Crippen LogP contribution in [-0.2, 0) is 0 Å². The molecule has 2 bridgehead atoms. The van der Waals surface area contributed by atoms with Gasteiger partial charge < -0.3 is 5.32 Å². The molecule has 1 N–H and O–H groups in total. The number of hydrogen-bond acceptors (Lipinski definition) is 1. The molecule has 2 saturated carbocycles. The molecule has 1 nitrogen and oxygen atoms in total. The van der Waals surface area contributed by atoms with Crippen LogP contribution < -0.4 is 5.32 Å². The molecule has 5 atom stereocenters. The van der Waals surface area contributed by atoms with Gasteiger partial charge in [0.05, 0.1) is 0 Å². The quantitative estimate of drug-likeness (QED) is 0.796. The summed E-state index contributed by atoms with van der Waals surface area (Å²) in [5.74, 6) is 2.51. The first kappa shape index (κ1) is 12.9. The second-order valence-corrected chi connectivity index (χ2v) is 7.40. The smallest absolute Gasteiger partial charge is 0.110 e. The lowest BCUT2D eigenvalue weighted by Crippen LogP contribution is -2.40. The molecular weight excluding hydrogens is 225 g/mol. The fraction of sp³-hybridized carbons (Fsp3) is 1.00. The summed E-state index contributed by atoms with van der Waals surface area (Å²) in [6, 6.07) is 0.437. The predicted octanol–water partition coefficient (Wildman–Crippen LogP) is 4.07.